The molecule has 0 aliphatic heterocycles. The van der Waals surface area contributed by atoms with Crippen LogP contribution in [-0.2, 0) is 16.5 Å². The molecular formula is C23H32O5S. The van der Waals surface area contributed by atoms with Gasteiger partial charge in [-0.15, -0.1) is 0 Å². The molecular weight excluding hydrogens is 388 g/mol. The van der Waals surface area contributed by atoms with E-state index >= 15 is 0 Å². The van der Waals surface area contributed by atoms with E-state index in [0.29, 0.717) is 5.75 Å². The minimum atomic E-state index is -4.45. The first-order valence-electron chi connectivity index (χ1n) is 10.5. The van der Waals surface area contributed by atoms with Gasteiger partial charge in [0, 0.05) is 6.07 Å². The Hall–Kier alpha value is -2.05. The predicted octanol–water partition coefficient (Wildman–Crippen LogP) is 6.50. The topological polar surface area (TPSA) is 83.8 Å². The Labute approximate surface area is 174 Å². The third-order valence-electron chi connectivity index (χ3n) is 4.90. The van der Waals surface area contributed by atoms with Crippen LogP contribution < -0.4 is 4.74 Å². The molecule has 0 aliphatic carbocycles. The number of phenols is 1. The van der Waals surface area contributed by atoms with Gasteiger partial charge >= 0.3 is 0 Å². The van der Waals surface area contributed by atoms with E-state index in [1.54, 1.807) is 6.07 Å². The van der Waals surface area contributed by atoms with Crippen LogP contribution in [0.3, 0.4) is 0 Å². The Morgan fingerprint density at radius 3 is 2.17 bits per heavy atom. The van der Waals surface area contributed by atoms with E-state index in [4.69, 9.17) is 4.74 Å². The van der Waals surface area contributed by atoms with Crippen molar-refractivity contribution >= 4 is 10.1 Å². The highest BCUT2D eigenvalue weighted by Crippen LogP contribution is 2.32. The molecule has 2 rings (SSSR count). The maximum atomic E-state index is 11.5. The summed E-state index contributed by atoms with van der Waals surface area (Å²) in [5, 5.41) is 9.63. The molecule has 0 aromatic heterocycles. The highest BCUT2D eigenvalue weighted by atomic mass is 32.2. The van der Waals surface area contributed by atoms with Crippen LogP contribution in [0.2, 0.25) is 0 Å². The number of rotatable bonds is 13. The Morgan fingerprint density at radius 1 is 0.862 bits per heavy atom. The highest BCUT2D eigenvalue weighted by Gasteiger charge is 2.18. The van der Waals surface area contributed by atoms with Gasteiger partial charge in [-0.25, -0.2) is 0 Å². The molecule has 5 nitrogen and oxygen atoms in total. The maximum Gasteiger partial charge on any atom is 0.298 e. The standard InChI is InChI=1S/C23H32O5S/c1-2-3-4-5-6-7-8-9-10-12-19-13-11-14-21(17-19)28-22-18-20(24)15-16-23(22)29(25,26)27/h11,13-18,24H,2-10,12H2,1H3,(H,25,26,27). The lowest BCUT2D eigenvalue weighted by atomic mass is 10.0. The molecule has 0 amide bonds. The summed E-state index contributed by atoms with van der Waals surface area (Å²) in [7, 11) is -4.45. The number of hydrogen-bond acceptors (Lipinski definition) is 4. The van der Waals surface area contributed by atoms with Gasteiger partial charge in [0.15, 0.2) is 5.75 Å². The number of hydrogen-bond donors (Lipinski definition) is 2. The lowest BCUT2D eigenvalue weighted by Crippen LogP contribution is -2.01. The van der Waals surface area contributed by atoms with E-state index < -0.39 is 10.1 Å². The van der Waals surface area contributed by atoms with Crippen molar-refractivity contribution in [3.05, 3.63) is 48.0 Å². The number of aromatic hydroxyl groups is 1. The van der Waals surface area contributed by atoms with Crippen molar-refractivity contribution in [2.75, 3.05) is 0 Å². The largest absolute Gasteiger partial charge is 0.508 e. The Morgan fingerprint density at radius 2 is 1.52 bits per heavy atom. The zero-order valence-electron chi connectivity index (χ0n) is 17.1. The summed E-state index contributed by atoms with van der Waals surface area (Å²) in [5.41, 5.74) is 1.11. The molecule has 2 aromatic carbocycles. The van der Waals surface area contributed by atoms with E-state index in [9.17, 15) is 18.1 Å². The molecule has 0 heterocycles. The fraction of sp³-hybridized carbons (Fsp3) is 0.478. The second kappa shape index (κ2) is 11.8. The average Bonchev–Trinajstić information content (AvgIpc) is 2.66. The summed E-state index contributed by atoms with van der Waals surface area (Å²) in [6.07, 6.45) is 12.4. The Balaban J connectivity index is 1.85. The molecule has 2 N–H and O–H groups in total. The first kappa shape index (κ1) is 23.2. The van der Waals surface area contributed by atoms with Gasteiger partial charge in [0.25, 0.3) is 10.1 Å². The van der Waals surface area contributed by atoms with E-state index in [1.165, 1.54) is 63.5 Å². The van der Waals surface area contributed by atoms with Crippen LogP contribution >= 0.6 is 0 Å². The van der Waals surface area contributed by atoms with Crippen molar-refractivity contribution in [3.63, 3.8) is 0 Å². The van der Waals surface area contributed by atoms with E-state index in [-0.39, 0.29) is 16.4 Å². The number of ether oxygens (including phenoxy) is 1. The SMILES string of the molecule is CCCCCCCCCCCc1cccc(Oc2cc(O)ccc2S(=O)(=O)O)c1. The van der Waals surface area contributed by atoms with Crippen molar-refractivity contribution < 1.29 is 22.8 Å². The molecule has 2 aromatic rings. The molecule has 160 valence electrons. The molecule has 0 saturated heterocycles. The molecule has 0 atom stereocenters. The summed E-state index contributed by atoms with van der Waals surface area (Å²) in [4.78, 5) is -0.375. The van der Waals surface area contributed by atoms with Gasteiger partial charge in [-0.2, -0.15) is 8.42 Å². The third kappa shape index (κ3) is 8.46. The minimum absolute atomic E-state index is 0.104. The van der Waals surface area contributed by atoms with Crippen molar-refractivity contribution in [3.8, 4) is 17.2 Å². The van der Waals surface area contributed by atoms with Crippen LogP contribution in [0.15, 0.2) is 47.4 Å². The summed E-state index contributed by atoms with van der Waals surface area (Å²) in [6, 6.07) is 10.9. The van der Waals surface area contributed by atoms with Crippen LogP contribution in [0.4, 0.5) is 0 Å². The number of phenolic OH excluding ortho intramolecular Hbond substituents is 1. The van der Waals surface area contributed by atoms with E-state index in [0.717, 1.165) is 24.5 Å². The average molecular weight is 421 g/mol. The van der Waals surface area contributed by atoms with Gasteiger partial charge in [-0.1, -0.05) is 70.4 Å². The van der Waals surface area contributed by atoms with Gasteiger partial charge in [0.1, 0.15) is 16.4 Å². The second-order valence-electron chi connectivity index (χ2n) is 7.43. The molecule has 0 unspecified atom stereocenters. The summed E-state index contributed by atoms with van der Waals surface area (Å²) >= 11 is 0. The quantitative estimate of drug-likeness (QED) is 0.285. The smallest absolute Gasteiger partial charge is 0.298 e. The zero-order valence-corrected chi connectivity index (χ0v) is 18.0. The number of aryl methyl sites for hydroxylation is 1. The summed E-state index contributed by atoms with van der Waals surface area (Å²) < 4.78 is 38.0. The lowest BCUT2D eigenvalue weighted by Gasteiger charge is -2.11. The van der Waals surface area contributed by atoms with Gasteiger partial charge in [0.2, 0.25) is 0 Å². The Bertz CT molecular complexity index is 861. The van der Waals surface area contributed by atoms with Crippen molar-refractivity contribution in [1.29, 1.82) is 0 Å². The van der Waals surface area contributed by atoms with Gasteiger partial charge < -0.3 is 9.84 Å². The van der Waals surface area contributed by atoms with Crippen LogP contribution in [0, 0.1) is 0 Å². The highest BCUT2D eigenvalue weighted by molar-refractivity contribution is 7.86. The van der Waals surface area contributed by atoms with Crippen LogP contribution in [0.1, 0.15) is 70.3 Å². The fourth-order valence-corrected chi connectivity index (χ4v) is 3.92. The van der Waals surface area contributed by atoms with Gasteiger partial charge in [-0.05, 0) is 42.7 Å². The molecule has 0 bridgehead atoms. The van der Waals surface area contributed by atoms with Crippen LogP contribution in [-0.4, -0.2) is 18.1 Å². The molecule has 0 radical (unpaired) electrons. The van der Waals surface area contributed by atoms with E-state index in [2.05, 4.69) is 6.92 Å². The zero-order chi connectivity index (χ0) is 21.1. The number of benzene rings is 2. The van der Waals surface area contributed by atoms with Crippen molar-refractivity contribution in [1.82, 2.24) is 0 Å². The number of unbranched alkanes of at least 4 members (excludes halogenated alkanes) is 8. The van der Waals surface area contributed by atoms with Crippen molar-refractivity contribution in [2.24, 2.45) is 0 Å². The molecule has 29 heavy (non-hydrogen) atoms. The molecule has 0 spiro atoms. The molecule has 0 saturated carbocycles. The predicted molar refractivity (Wildman–Crippen MR) is 115 cm³/mol. The monoisotopic (exact) mass is 420 g/mol. The van der Waals surface area contributed by atoms with Crippen molar-refractivity contribution in [2.45, 2.75) is 76.0 Å². The van der Waals surface area contributed by atoms with Crippen LogP contribution in [0.5, 0.6) is 17.2 Å². The lowest BCUT2D eigenvalue weighted by molar-refractivity contribution is 0.437. The maximum absolute atomic E-state index is 11.5. The molecule has 6 heteroatoms. The molecule has 0 aliphatic rings. The first-order chi connectivity index (χ1) is 13.9. The molecule has 0 fully saturated rings. The van der Waals surface area contributed by atoms with Gasteiger partial charge in [-0.3, -0.25) is 4.55 Å². The second-order valence-corrected chi connectivity index (χ2v) is 8.82. The summed E-state index contributed by atoms with van der Waals surface area (Å²) in [6.45, 7) is 2.23. The van der Waals surface area contributed by atoms with E-state index in [1.807, 2.05) is 18.2 Å². The third-order valence-corrected chi connectivity index (χ3v) is 5.79. The normalized spacial score (nSPS) is 11.5. The fourth-order valence-electron chi connectivity index (χ4n) is 3.32. The minimum Gasteiger partial charge on any atom is -0.508 e. The Kier molecular flexibility index (Phi) is 9.48. The van der Waals surface area contributed by atoms with Gasteiger partial charge in [0.05, 0.1) is 0 Å². The summed E-state index contributed by atoms with van der Waals surface area (Å²) in [5.74, 6) is 0.222. The first-order valence-corrected chi connectivity index (χ1v) is 11.9. The van der Waals surface area contributed by atoms with Crippen LogP contribution in [0.25, 0.3) is 0 Å².